The summed E-state index contributed by atoms with van der Waals surface area (Å²) in [4.78, 5) is 4.38. The van der Waals surface area contributed by atoms with Crippen LogP contribution in [0.5, 0.6) is 0 Å². The van der Waals surface area contributed by atoms with Crippen LogP contribution in [0.1, 0.15) is 36.5 Å². The second-order valence-electron chi connectivity index (χ2n) is 4.84. The Bertz CT molecular complexity index is 634. The topological polar surface area (TPSA) is 105 Å². The van der Waals surface area contributed by atoms with Crippen LogP contribution in [0.25, 0.3) is 0 Å². The Kier molecular flexibility index (Phi) is 4.86. The van der Waals surface area contributed by atoms with Crippen molar-refractivity contribution in [3.05, 3.63) is 30.2 Å². The summed E-state index contributed by atoms with van der Waals surface area (Å²) in [7, 11) is 0. The lowest BCUT2D eigenvalue weighted by Crippen LogP contribution is -2.08. The molecule has 2 aromatic heterocycles. The molecule has 118 valence electrons. The molecular formula is C13H18N6O2S. The van der Waals surface area contributed by atoms with Crippen LogP contribution in [-0.4, -0.2) is 31.5 Å². The highest BCUT2D eigenvalue weighted by Gasteiger charge is 2.24. The third-order valence-electron chi connectivity index (χ3n) is 3.31. The summed E-state index contributed by atoms with van der Waals surface area (Å²) in [6, 6.07) is 0. The average Bonchev–Trinajstić information content (AvgIpc) is 3.26. The fraction of sp³-hybridized carbons (Fsp3) is 0.538. The molecule has 1 saturated heterocycles. The maximum atomic E-state index is 5.65. The van der Waals surface area contributed by atoms with E-state index in [0.717, 1.165) is 30.4 Å². The van der Waals surface area contributed by atoms with Gasteiger partial charge in [0.25, 0.3) is 5.89 Å². The van der Waals surface area contributed by atoms with Gasteiger partial charge in [0.1, 0.15) is 11.9 Å². The third-order valence-corrected chi connectivity index (χ3v) is 4.27. The molecule has 0 radical (unpaired) electrons. The lowest BCUT2D eigenvalue weighted by Gasteiger charge is -2.04. The Morgan fingerprint density at radius 3 is 3.09 bits per heavy atom. The van der Waals surface area contributed by atoms with Crippen molar-refractivity contribution >= 4 is 11.8 Å². The molecule has 3 heterocycles. The van der Waals surface area contributed by atoms with Gasteiger partial charge in [0.2, 0.25) is 0 Å². The molecule has 0 saturated carbocycles. The zero-order chi connectivity index (χ0) is 15.4. The normalized spacial score (nSPS) is 18.0. The maximum Gasteiger partial charge on any atom is 0.255 e. The van der Waals surface area contributed by atoms with Crippen LogP contribution in [0.4, 0.5) is 0 Å². The lowest BCUT2D eigenvalue weighted by molar-refractivity contribution is 0.0835. The van der Waals surface area contributed by atoms with Crippen molar-refractivity contribution in [2.75, 3.05) is 6.61 Å². The molecule has 0 aliphatic carbocycles. The van der Waals surface area contributed by atoms with E-state index in [-0.39, 0.29) is 6.10 Å². The van der Waals surface area contributed by atoms with Gasteiger partial charge in [-0.25, -0.2) is 0 Å². The molecule has 0 bridgehead atoms. The van der Waals surface area contributed by atoms with Gasteiger partial charge in [-0.05, 0) is 12.8 Å². The van der Waals surface area contributed by atoms with E-state index in [1.807, 2.05) is 4.57 Å². The number of aromatic nitrogens is 5. The smallest absolute Gasteiger partial charge is 0.255 e. The van der Waals surface area contributed by atoms with Crippen LogP contribution in [0.3, 0.4) is 0 Å². The second kappa shape index (κ2) is 7.03. The summed E-state index contributed by atoms with van der Waals surface area (Å²) >= 11 is 1.49. The molecule has 22 heavy (non-hydrogen) atoms. The highest BCUT2D eigenvalue weighted by atomic mass is 32.2. The van der Waals surface area contributed by atoms with Crippen LogP contribution in [0.2, 0.25) is 0 Å². The van der Waals surface area contributed by atoms with Crippen molar-refractivity contribution in [3.8, 4) is 0 Å². The average molecular weight is 322 g/mol. The van der Waals surface area contributed by atoms with Gasteiger partial charge >= 0.3 is 0 Å². The predicted molar refractivity (Wildman–Crippen MR) is 79.9 cm³/mol. The van der Waals surface area contributed by atoms with Crippen molar-refractivity contribution in [1.82, 2.24) is 24.9 Å². The van der Waals surface area contributed by atoms with Gasteiger partial charge < -0.3 is 19.6 Å². The zero-order valence-electron chi connectivity index (χ0n) is 12.1. The highest BCUT2D eigenvalue weighted by Crippen LogP contribution is 2.28. The monoisotopic (exact) mass is 322 g/mol. The van der Waals surface area contributed by atoms with E-state index in [9.17, 15) is 0 Å². The van der Waals surface area contributed by atoms with Gasteiger partial charge in [-0.1, -0.05) is 23.0 Å². The molecule has 3 rings (SSSR count). The standard InChI is InChI=1S/C13H18N6O2S/c1-2-5-19-11(7-14)16-17-13(19)22-8-10-15-12(21-18-10)9-4-3-6-20-9/h2,9H,1,3-8,14H2. The largest absolute Gasteiger partial charge is 0.368 e. The van der Waals surface area contributed by atoms with Crippen LogP contribution >= 0.6 is 11.8 Å². The van der Waals surface area contributed by atoms with Crippen LogP contribution in [-0.2, 0) is 23.6 Å². The number of nitrogens with two attached hydrogens (primary N) is 1. The quantitative estimate of drug-likeness (QED) is 0.603. The van der Waals surface area contributed by atoms with Crippen molar-refractivity contribution in [1.29, 1.82) is 0 Å². The fourth-order valence-electron chi connectivity index (χ4n) is 2.25. The molecule has 8 nitrogen and oxygen atoms in total. The van der Waals surface area contributed by atoms with E-state index in [2.05, 4.69) is 26.9 Å². The summed E-state index contributed by atoms with van der Waals surface area (Å²) in [5.74, 6) is 2.47. The molecule has 2 N–H and O–H groups in total. The van der Waals surface area contributed by atoms with E-state index >= 15 is 0 Å². The van der Waals surface area contributed by atoms with E-state index in [1.54, 1.807) is 6.08 Å². The van der Waals surface area contributed by atoms with Crippen molar-refractivity contribution in [2.45, 2.75) is 42.9 Å². The van der Waals surface area contributed by atoms with Crippen LogP contribution in [0, 0.1) is 0 Å². The molecule has 0 amide bonds. The van der Waals surface area contributed by atoms with Gasteiger partial charge in [0.15, 0.2) is 11.0 Å². The number of ether oxygens (including phenoxy) is 1. The van der Waals surface area contributed by atoms with Gasteiger partial charge in [-0.15, -0.1) is 16.8 Å². The molecular weight excluding hydrogens is 304 g/mol. The van der Waals surface area contributed by atoms with Gasteiger partial charge in [-0.3, -0.25) is 0 Å². The maximum absolute atomic E-state index is 5.65. The first-order chi connectivity index (χ1) is 10.8. The molecule has 1 atom stereocenters. The molecule has 0 spiro atoms. The molecule has 1 aliphatic rings. The number of thioether (sulfide) groups is 1. The van der Waals surface area contributed by atoms with Crippen molar-refractivity contribution in [2.24, 2.45) is 5.73 Å². The van der Waals surface area contributed by atoms with E-state index in [1.165, 1.54) is 11.8 Å². The molecule has 9 heteroatoms. The summed E-state index contributed by atoms with van der Waals surface area (Å²) in [6.07, 6.45) is 3.70. The Morgan fingerprint density at radius 2 is 2.36 bits per heavy atom. The second-order valence-corrected chi connectivity index (χ2v) is 5.78. The molecule has 1 fully saturated rings. The number of hydrogen-bond donors (Lipinski definition) is 1. The van der Waals surface area contributed by atoms with Crippen molar-refractivity contribution < 1.29 is 9.26 Å². The number of allylic oxidation sites excluding steroid dienone is 1. The lowest BCUT2D eigenvalue weighted by atomic mass is 10.2. The zero-order valence-corrected chi connectivity index (χ0v) is 13.0. The number of nitrogens with zero attached hydrogens (tertiary/aromatic N) is 5. The fourth-order valence-corrected chi connectivity index (χ4v) is 3.06. The van der Waals surface area contributed by atoms with Gasteiger partial charge in [0, 0.05) is 13.2 Å². The summed E-state index contributed by atoms with van der Waals surface area (Å²) in [5, 5.41) is 13.0. The van der Waals surface area contributed by atoms with Crippen molar-refractivity contribution in [3.63, 3.8) is 0 Å². The Morgan fingerprint density at radius 1 is 1.45 bits per heavy atom. The summed E-state index contributed by atoms with van der Waals surface area (Å²) in [6.45, 7) is 5.45. The highest BCUT2D eigenvalue weighted by molar-refractivity contribution is 7.98. The Hall–Kier alpha value is -1.71. The van der Waals surface area contributed by atoms with E-state index < -0.39 is 0 Å². The minimum Gasteiger partial charge on any atom is -0.368 e. The molecule has 2 aromatic rings. The molecule has 1 aliphatic heterocycles. The number of rotatable bonds is 7. The van der Waals surface area contributed by atoms with E-state index in [0.29, 0.717) is 30.6 Å². The molecule has 0 aromatic carbocycles. The predicted octanol–water partition coefficient (Wildman–Crippen LogP) is 1.45. The van der Waals surface area contributed by atoms with Gasteiger partial charge in [-0.2, -0.15) is 4.98 Å². The summed E-state index contributed by atoms with van der Waals surface area (Å²) < 4.78 is 12.7. The van der Waals surface area contributed by atoms with Crippen LogP contribution in [0.15, 0.2) is 22.3 Å². The first-order valence-corrected chi connectivity index (χ1v) is 8.10. The Balaban J connectivity index is 1.65. The molecule has 1 unspecified atom stereocenters. The third kappa shape index (κ3) is 3.21. The summed E-state index contributed by atoms with van der Waals surface area (Å²) in [5.41, 5.74) is 5.65. The first kappa shape index (κ1) is 15.2. The van der Waals surface area contributed by atoms with E-state index in [4.69, 9.17) is 15.0 Å². The minimum atomic E-state index is -0.0560. The van der Waals surface area contributed by atoms with Crippen LogP contribution < -0.4 is 5.73 Å². The first-order valence-electron chi connectivity index (χ1n) is 7.11. The Labute approximate surface area is 132 Å². The SMILES string of the molecule is C=CCn1c(CN)nnc1SCc1noc(C2CCCO2)n1. The number of hydrogen-bond acceptors (Lipinski definition) is 8. The van der Waals surface area contributed by atoms with Gasteiger partial charge in [0.05, 0.1) is 12.3 Å². The minimum absolute atomic E-state index is 0.0560.